The molecule has 2 aromatic carbocycles. The van der Waals surface area contributed by atoms with Crippen molar-refractivity contribution >= 4 is 39.2 Å². The van der Waals surface area contributed by atoms with Crippen molar-refractivity contribution in [3.8, 4) is 17.2 Å². The maximum Gasteiger partial charge on any atom is 0.251 e. The molecule has 1 aromatic heterocycles. The van der Waals surface area contributed by atoms with Crippen LogP contribution >= 0.6 is 23.1 Å². The van der Waals surface area contributed by atoms with Gasteiger partial charge in [0.05, 0.1) is 23.2 Å². The van der Waals surface area contributed by atoms with E-state index in [1.807, 2.05) is 42.5 Å². The average Bonchev–Trinajstić information content (AvgIpc) is 3.28. The molecule has 0 bridgehead atoms. The SMILES string of the molecule is CSCCn1c(=NC(=O)CCOc2ccccc2)sc2cc3c(cc21)OCO3. The number of nitrogens with zero attached hydrogens (tertiary/aromatic N) is 2. The highest BCUT2D eigenvalue weighted by Gasteiger charge is 2.18. The number of hydrogen-bond donors (Lipinski definition) is 0. The molecule has 1 amide bonds. The van der Waals surface area contributed by atoms with E-state index < -0.39 is 0 Å². The van der Waals surface area contributed by atoms with Crippen LogP contribution in [-0.4, -0.2) is 35.9 Å². The smallest absolute Gasteiger partial charge is 0.251 e. The zero-order valence-corrected chi connectivity index (χ0v) is 17.1. The van der Waals surface area contributed by atoms with Crippen LogP contribution in [-0.2, 0) is 11.3 Å². The van der Waals surface area contributed by atoms with Gasteiger partial charge in [0.15, 0.2) is 16.3 Å². The van der Waals surface area contributed by atoms with Crippen LogP contribution in [0.15, 0.2) is 47.5 Å². The van der Waals surface area contributed by atoms with Gasteiger partial charge in [0.1, 0.15) is 5.75 Å². The van der Waals surface area contributed by atoms with Gasteiger partial charge in [-0.1, -0.05) is 29.5 Å². The van der Waals surface area contributed by atoms with Crippen molar-refractivity contribution in [3.05, 3.63) is 47.3 Å². The Kier molecular flexibility index (Phi) is 5.87. The van der Waals surface area contributed by atoms with E-state index in [9.17, 15) is 4.79 Å². The monoisotopic (exact) mass is 416 g/mol. The molecular weight excluding hydrogens is 396 g/mol. The summed E-state index contributed by atoms with van der Waals surface area (Å²) in [5.41, 5.74) is 1.01. The molecule has 2 heterocycles. The Labute approximate surface area is 170 Å². The summed E-state index contributed by atoms with van der Waals surface area (Å²) in [6, 6.07) is 13.4. The van der Waals surface area contributed by atoms with Crippen LogP contribution in [0, 0.1) is 0 Å². The van der Waals surface area contributed by atoms with Gasteiger partial charge in [-0.05, 0) is 18.4 Å². The summed E-state index contributed by atoms with van der Waals surface area (Å²) in [5, 5.41) is 0. The number of rotatable bonds is 7. The van der Waals surface area contributed by atoms with Crippen molar-refractivity contribution in [3.63, 3.8) is 0 Å². The van der Waals surface area contributed by atoms with E-state index in [1.165, 1.54) is 11.3 Å². The molecule has 0 saturated heterocycles. The second-order valence-corrected chi connectivity index (χ2v) is 8.11. The van der Waals surface area contributed by atoms with E-state index in [0.717, 1.165) is 39.8 Å². The van der Waals surface area contributed by atoms with Crippen molar-refractivity contribution in [1.82, 2.24) is 4.57 Å². The van der Waals surface area contributed by atoms with Crippen molar-refractivity contribution < 1.29 is 19.0 Å². The minimum absolute atomic E-state index is 0.194. The van der Waals surface area contributed by atoms with Gasteiger partial charge in [-0.15, -0.1) is 0 Å². The van der Waals surface area contributed by atoms with E-state index in [2.05, 4.69) is 15.8 Å². The maximum atomic E-state index is 12.4. The summed E-state index contributed by atoms with van der Waals surface area (Å²) < 4.78 is 19.7. The summed E-state index contributed by atoms with van der Waals surface area (Å²) in [7, 11) is 0. The number of fused-ring (bicyclic) bond motifs is 2. The zero-order chi connectivity index (χ0) is 19.3. The largest absolute Gasteiger partial charge is 0.493 e. The Morgan fingerprint density at radius 2 is 2.04 bits per heavy atom. The van der Waals surface area contributed by atoms with Crippen molar-refractivity contribution in [2.24, 2.45) is 4.99 Å². The Morgan fingerprint density at radius 3 is 2.82 bits per heavy atom. The third-order valence-electron chi connectivity index (χ3n) is 4.24. The van der Waals surface area contributed by atoms with Crippen LogP contribution in [0.1, 0.15) is 6.42 Å². The molecule has 1 aliphatic heterocycles. The number of thioether (sulfide) groups is 1. The van der Waals surface area contributed by atoms with E-state index >= 15 is 0 Å². The fourth-order valence-corrected chi connectivity index (χ4v) is 4.33. The molecule has 4 rings (SSSR count). The average molecular weight is 417 g/mol. The summed E-state index contributed by atoms with van der Waals surface area (Å²) in [6.07, 6.45) is 2.29. The van der Waals surface area contributed by atoms with Crippen LogP contribution in [0.25, 0.3) is 10.2 Å². The number of ether oxygens (including phenoxy) is 3. The predicted molar refractivity (Wildman–Crippen MR) is 111 cm³/mol. The molecule has 0 atom stereocenters. The summed E-state index contributed by atoms with van der Waals surface area (Å²) >= 11 is 3.24. The van der Waals surface area contributed by atoms with Crippen LogP contribution in [0.2, 0.25) is 0 Å². The zero-order valence-electron chi connectivity index (χ0n) is 15.4. The quantitative estimate of drug-likeness (QED) is 0.588. The van der Waals surface area contributed by atoms with Crippen molar-refractivity contribution in [1.29, 1.82) is 0 Å². The molecule has 8 heteroatoms. The molecule has 28 heavy (non-hydrogen) atoms. The standard InChI is InChI=1S/C20H20N2O4S2/c1-27-10-8-22-15-11-16-17(26-13-25-16)12-18(15)28-20(22)21-19(23)7-9-24-14-5-3-2-4-6-14/h2-6,11-12H,7-10,13H2,1H3. The number of hydrogen-bond acceptors (Lipinski definition) is 6. The van der Waals surface area contributed by atoms with Gasteiger partial charge in [0.25, 0.3) is 5.91 Å². The molecule has 1 aliphatic rings. The molecule has 0 fully saturated rings. The number of aryl methyl sites for hydroxylation is 1. The number of thiazole rings is 1. The highest BCUT2D eigenvalue weighted by Crippen LogP contribution is 2.37. The first-order chi connectivity index (χ1) is 13.7. The highest BCUT2D eigenvalue weighted by atomic mass is 32.2. The molecule has 0 saturated carbocycles. The van der Waals surface area contributed by atoms with Gasteiger partial charge in [-0.25, -0.2) is 0 Å². The Morgan fingerprint density at radius 1 is 1.25 bits per heavy atom. The van der Waals surface area contributed by atoms with Gasteiger partial charge in [-0.3, -0.25) is 4.79 Å². The fourth-order valence-electron chi connectivity index (χ4n) is 2.88. The van der Waals surface area contributed by atoms with E-state index in [1.54, 1.807) is 11.8 Å². The Hall–Kier alpha value is -2.45. The second-order valence-electron chi connectivity index (χ2n) is 6.12. The minimum atomic E-state index is -0.194. The molecular formula is C20H20N2O4S2. The van der Waals surface area contributed by atoms with Gasteiger partial charge >= 0.3 is 0 Å². The summed E-state index contributed by atoms with van der Waals surface area (Å²) in [4.78, 5) is 17.4. The van der Waals surface area contributed by atoms with E-state index in [0.29, 0.717) is 11.4 Å². The van der Waals surface area contributed by atoms with Crippen molar-refractivity contribution in [2.75, 3.05) is 25.4 Å². The van der Waals surface area contributed by atoms with E-state index in [4.69, 9.17) is 14.2 Å². The molecule has 0 unspecified atom stereocenters. The Bertz CT molecular complexity index is 1040. The first-order valence-electron chi connectivity index (χ1n) is 8.92. The fraction of sp³-hybridized carbons (Fsp3) is 0.300. The van der Waals surface area contributed by atoms with Crippen molar-refractivity contribution in [2.45, 2.75) is 13.0 Å². The van der Waals surface area contributed by atoms with Gasteiger partial charge in [0, 0.05) is 24.4 Å². The van der Waals surface area contributed by atoms with Crippen LogP contribution in [0.4, 0.5) is 0 Å². The minimum Gasteiger partial charge on any atom is -0.493 e. The summed E-state index contributed by atoms with van der Waals surface area (Å²) in [6.45, 7) is 1.32. The number of para-hydroxylation sites is 1. The summed E-state index contributed by atoms with van der Waals surface area (Å²) in [5.74, 6) is 2.96. The number of benzene rings is 2. The predicted octanol–water partition coefficient (Wildman–Crippen LogP) is 3.69. The lowest BCUT2D eigenvalue weighted by molar-refractivity contribution is -0.118. The van der Waals surface area contributed by atoms with Crippen LogP contribution in [0.3, 0.4) is 0 Å². The molecule has 0 radical (unpaired) electrons. The van der Waals surface area contributed by atoms with Gasteiger partial charge < -0.3 is 18.8 Å². The topological polar surface area (TPSA) is 62.1 Å². The lowest BCUT2D eigenvalue weighted by atomic mass is 10.3. The van der Waals surface area contributed by atoms with Crippen LogP contribution in [0.5, 0.6) is 17.2 Å². The van der Waals surface area contributed by atoms with Gasteiger partial charge in [-0.2, -0.15) is 16.8 Å². The molecule has 146 valence electrons. The second kappa shape index (κ2) is 8.70. The third-order valence-corrected chi connectivity index (χ3v) is 5.88. The number of carbonyl (C=O) groups is 1. The van der Waals surface area contributed by atoms with Gasteiger partial charge in [0.2, 0.25) is 6.79 Å². The molecule has 0 spiro atoms. The number of carbonyl (C=O) groups excluding carboxylic acids is 1. The lowest BCUT2D eigenvalue weighted by Gasteiger charge is -2.05. The number of amides is 1. The molecule has 0 N–H and O–H groups in total. The molecule has 6 nitrogen and oxygen atoms in total. The number of aromatic nitrogens is 1. The highest BCUT2D eigenvalue weighted by molar-refractivity contribution is 7.98. The molecule has 0 aliphatic carbocycles. The first kappa shape index (κ1) is 18.9. The maximum absolute atomic E-state index is 12.4. The van der Waals surface area contributed by atoms with E-state index in [-0.39, 0.29) is 19.1 Å². The Balaban J connectivity index is 1.56. The lowest BCUT2D eigenvalue weighted by Crippen LogP contribution is -2.18. The normalized spacial score (nSPS) is 13.2. The first-order valence-corrected chi connectivity index (χ1v) is 11.1. The third kappa shape index (κ3) is 4.18. The molecule has 3 aromatic rings. The van der Waals surface area contributed by atoms with Crippen LogP contribution < -0.4 is 19.0 Å².